The topological polar surface area (TPSA) is 104 Å². The summed E-state index contributed by atoms with van der Waals surface area (Å²) in [5.74, 6) is -1.93. The second-order valence-electron chi connectivity index (χ2n) is 5.10. The Labute approximate surface area is 113 Å². The third kappa shape index (κ3) is 3.90. The maximum atomic E-state index is 12.0. The van der Waals surface area contributed by atoms with E-state index in [1.54, 1.807) is 13.8 Å². The fourth-order valence-electron chi connectivity index (χ4n) is 2.16. The Balaban J connectivity index is 2.80. The molecule has 0 spiro atoms. The number of nitrogens with zero attached hydrogens (tertiary/aromatic N) is 1. The Morgan fingerprint density at radius 2 is 1.95 bits per heavy atom. The highest BCUT2D eigenvalue weighted by atomic mass is 32.2. The summed E-state index contributed by atoms with van der Waals surface area (Å²) in [6.45, 7) is 3.67. The minimum absolute atomic E-state index is 0.269. The Hall–Kier alpha value is -1.15. The van der Waals surface area contributed by atoms with Crippen LogP contribution >= 0.6 is 0 Å². The number of nitrogens with one attached hydrogen (secondary N) is 1. The lowest BCUT2D eigenvalue weighted by Crippen LogP contribution is -2.52. The van der Waals surface area contributed by atoms with Gasteiger partial charge in [0.15, 0.2) is 0 Å². The molecule has 2 unspecified atom stereocenters. The molecule has 0 aliphatic carbocycles. The van der Waals surface area contributed by atoms with Crippen molar-refractivity contribution in [1.29, 1.82) is 0 Å². The first-order valence-electron chi connectivity index (χ1n) is 6.14. The van der Waals surface area contributed by atoms with Gasteiger partial charge in [-0.25, -0.2) is 13.2 Å². The lowest BCUT2D eigenvalue weighted by Gasteiger charge is -2.24. The van der Waals surface area contributed by atoms with Gasteiger partial charge in [-0.15, -0.1) is 0 Å². The molecule has 2 N–H and O–H groups in total. The molecule has 110 valence electrons. The van der Waals surface area contributed by atoms with Crippen LogP contribution < -0.4 is 5.32 Å². The van der Waals surface area contributed by atoms with Crippen molar-refractivity contribution < 1.29 is 23.1 Å². The lowest BCUT2D eigenvalue weighted by molar-refractivity contribution is -0.143. The van der Waals surface area contributed by atoms with E-state index >= 15 is 0 Å². The lowest BCUT2D eigenvalue weighted by atomic mass is 10.0. The highest BCUT2D eigenvalue weighted by Crippen LogP contribution is 2.20. The summed E-state index contributed by atoms with van der Waals surface area (Å²) in [5.41, 5.74) is 0. The number of carbonyl (C=O) groups is 2. The minimum atomic E-state index is -3.45. The first kappa shape index (κ1) is 15.9. The maximum absolute atomic E-state index is 12.0. The van der Waals surface area contributed by atoms with Gasteiger partial charge in [-0.3, -0.25) is 4.79 Å². The molecule has 1 amide bonds. The number of carboxylic acid groups (broad SMARTS) is 1. The van der Waals surface area contributed by atoms with Crippen molar-refractivity contribution >= 4 is 21.9 Å². The van der Waals surface area contributed by atoms with Crippen LogP contribution in [0.1, 0.15) is 26.7 Å². The molecule has 1 fully saturated rings. The molecule has 1 aliphatic heterocycles. The van der Waals surface area contributed by atoms with Crippen molar-refractivity contribution in [2.75, 3.05) is 12.8 Å². The van der Waals surface area contributed by atoms with Crippen LogP contribution in [0.2, 0.25) is 0 Å². The van der Waals surface area contributed by atoms with Crippen molar-refractivity contribution in [2.45, 2.75) is 38.8 Å². The number of sulfonamides is 1. The van der Waals surface area contributed by atoms with E-state index in [1.807, 2.05) is 0 Å². The van der Waals surface area contributed by atoms with Gasteiger partial charge in [-0.05, 0) is 18.8 Å². The summed E-state index contributed by atoms with van der Waals surface area (Å²) in [5, 5.41) is 11.4. The molecule has 0 aromatic rings. The number of carboxylic acids is 1. The third-order valence-corrected chi connectivity index (χ3v) is 4.45. The highest BCUT2D eigenvalue weighted by Gasteiger charge is 2.38. The van der Waals surface area contributed by atoms with E-state index in [0.717, 1.165) is 10.6 Å². The maximum Gasteiger partial charge on any atom is 0.326 e. The zero-order valence-corrected chi connectivity index (χ0v) is 12.1. The molecule has 0 aromatic heterocycles. The van der Waals surface area contributed by atoms with E-state index in [1.165, 1.54) is 0 Å². The zero-order valence-electron chi connectivity index (χ0n) is 11.3. The van der Waals surface area contributed by atoms with E-state index in [-0.39, 0.29) is 5.92 Å². The van der Waals surface area contributed by atoms with E-state index in [9.17, 15) is 18.0 Å². The van der Waals surface area contributed by atoms with Crippen LogP contribution in [-0.2, 0) is 19.6 Å². The number of carbonyl (C=O) groups excluding carboxylic acids is 1. The van der Waals surface area contributed by atoms with Gasteiger partial charge in [0.25, 0.3) is 0 Å². The average molecular weight is 292 g/mol. The molecule has 1 rings (SSSR count). The van der Waals surface area contributed by atoms with Crippen molar-refractivity contribution in [1.82, 2.24) is 9.62 Å². The van der Waals surface area contributed by atoms with Gasteiger partial charge < -0.3 is 10.4 Å². The molecule has 2 atom stereocenters. The van der Waals surface area contributed by atoms with Gasteiger partial charge in [-0.1, -0.05) is 13.8 Å². The van der Waals surface area contributed by atoms with E-state index in [4.69, 9.17) is 5.11 Å². The molecule has 1 aliphatic rings. The normalized spacial score (nSPS) is 22.4. The summed E-state index contributed by atoms with van der Waals surface area (Å²) in [7, 11) is -3.45. The van der Waals surface area contributed by atoms with Crippen molar-refractivity contribution in [3.05, 3.63) is 0 Å². The Bertz CT molecular complexity index is 460. The summed E-state index contributed by atoms with van der Waals surface area (Å²) >= 11 is 0. The molecule has 0 bridgehead atoms. The van der Waals surface area contributed by atoms with Gasteiger partial charge in [-0.2, -0.15) is 4.31 Å². The molecule has 7 nitrogen and oxygen atoms in total. The van der Waals surface area contributed by atoms with Crippen LogP contribution in [0.25, 0.3) is 0 Å². The molecule has 0 aromatic carbocycles. The standard InChI is InChI=1S/C11H20N2O5S/c1-7(2)9(11(15)16)12-10(14)8-5-4-6-13(8)19(3,17)18/h7-9H,4-6H2,1-3H3,(H,12,14)(H,15,16). The van der Waals surface area contributed by atoms with Crippen molar-refractivity contribution in [2.24, 2.45) is 5.92 Å². The van der Waals surface area contributed by atoms with Crippen LogP contribution in [0.15, 0.2) is 0 Å². The molecule has 1 saturated heterocycles. The average Bonchev–Trinajstić information content (AvgIpc) is 2.72. The number of rotatable bonds is 5. The van der Waals surface area contributed by atoms with E-state index in [2.05, 4.69) is 5.32 Å². The molecule has 0 radical (unpaired) electrons. The summed E-state index contributed by atoms with van der Waals surface area (Å²) in [4.78, 5) is 23.1. The third-order valence-electron chi connectivity index (χ3n) is 3.16. The van der Waals surface area contributed by atoms with Gasteiger partial charge in [0, 0.05) is 6.54 Å². The Morgan fingerprint density at radius 3 is 2.37 bits per heavy atom. The second kappa shape index (κ2) is 5.87. The minimum Gasteiger partial charge on any atom is -0.480 e. The highest BCUT2D eigenvalue weighted by molar-refractivity contribution is 7.88. The van der Waals surface area contributed by atoms with Gasteiger partial charge in [0.2, 0.25) is 15.9 Å². The number of hydrogen-bond donors (Lipinski definition) is 2. The largest absolute Gasteiger partial charge is 0.480 e. The van der Waals surface area contributed by atoms with Crippen LogP contribution in [0.3, 0.4) is 0 Å². The molecule has 19 heavy (non-hydrogen) atoms. The van der Waals surface area contributed by atoms with Crippen LogP contribution in [0.4, 0.5) is 0 Å². The molecule has 1 heterocycles. The predicted octanol–water partition coefficient (Wildman–Crippen LogP) is -0.364. The number of aliphatic carboxylic acids is 1. The monoisotopic (exact) mass is 292 g/mol. The first-order valence-corrected chi connectivity index (χ1v) is 7.99. The van der Waals surface area contributed by atoms with Gasteiger partial charge >= 0.3 is 5.97 Å². The number of amides is 1. The van der Waals surface area contributed by atoms with Crippen LogP contribution in [0, 0.1) is 5.92 Å². The van der Waals surface area contributed by atoms with Crippen LogP contribution in [0.5, 0.6) is 0 Å². The van der Waals surface area contributed by atoms with Crippen molar-refractivity contribution in [3.63, 3.8) is 0 Å². The first-order chi connectivity index (χ1) is 8.64. The summed E-state index contributed by atoms with van der Waals surface area (Å²) in [6.07, 6.45) is 2.07. The number of hydrogen-bond acceptors (Lipinski definition) is 4. The Morgan fingerprint density at radius 1 is 1.37 bits per heavy atom. The zero-order chi connectivity index (χ0) is 14.8. The molecular weight excluding hydrogens is 272 g/mol. The smallest absolute Gasteiger partial charge is 0.326 e. The molecule has 8 heteroatoms. The predicted molar refractivity (Wildman–Crippen MR) is 69.0 cm³/mol. The fourth-order valence-corrected chi connectivity index (χ4v) is 3.29. The summed E-state index contributed by atoms with van der Waals surface area (Å²) < 4.78 is 24.2. The quantitative estimate of drug-likeness (QED) is 0.720. The SMILES string of the molecule is CC(C)C(NC(=O)C1CCCN1S(C)(=O)=O)C(=O)O. The van der Waals surface area contributed by atoms with Gasteiger partial charge in [0.05, 0.1) is 6.26 Å². The van der Waals surface area contributed by atoms with Crippen molar-refractivity contribution in [3.8, 4) is 0 Å². The van der Waals surface area contributed by atoms with E-state index in [0.29, 0.717) is 19.4 Å². The van der Waals surface area contributed by atoms with Crippen LogP contribution in [-0.4, -0.2) is 54.6 Å². The second-order valence-corrected chi connectivity index (χ2v) is 7.04. The Kier molecular flexibility index (Phi) is 4.92. The molecule has 0 saturated carbocycles. The fraction of sp³-hybridized carbons (Fsp3) is 0.818. The van der Waals surface area contributed by atoms with Gasteiger partial charge in [0.1, 0.15) is 12.1 Å². The van der Waals surface area contributed by atoms with E-state index < -0.39 is 34.0 Å². The summed E-state index contributed by atoms with van der Waals surface area (Å²) in [6, 6.07) is -1.80. The molecular formula is C11H20N2O5S.